The summed E-state index contributed by atoms with van der Waals surface area (Å²) in [6.45, 7) is -0.0430. The molecule has 0 atom stereocenters. The molecule has 0 spiro atoms. The molecule has 5 nitrogen and oxygen atoms in total. The first-order valence-corrected chi connectivity index (χ1v) is 10.4. The van der Waals surface area contributed by atoms with Crippen LogP contribution >= 0.6 is 11.6 Å². The largest absolute Gasteiger partial charge is 0.497 e. The lowest BCUT2D eigenvalue weighted by Gasteiger charge is -2.25. The molecule has 0 fully saturated rings. The summed E-state index contributed by atoms with van der Waals surface area (Å²) in [5, 5.41) is 0.122. The standard InChI is InChI=1S/C21H19ClFNO4S/c1-27-18-7-3-5-15(11-18)14-24(17-6-4-8-19(13-17)28-2)29(25,26)21-12-16(22)9-10-20(21)23/h3-13H,14H2,1-2H3. The third-order valence-electron chi connectivity index (χ3n) is 4.26. The SMILES string of the molecule is COc1cccc(CN(c2cccc(OC)c2)S(=O)(=O)c2cc(Cl)ccc2F)c1. The van der Waals surface area contributed by atoms with E-state index in [0.29, 0.717) is 22.7 Å². The summed E-state index contributed by atoms with van der Waals surface area (Å²) >= 11 is 5.93. The van der Waals surface area contributed by atoms with E-state index in [1.54, 1.807) is 48.5 Å². The maximum absolute atomic E-state index is 14.4. The lowest BCUT2D eigenvalue weighted by Crippen LogP contribution is -2.31. The van der Waals surface area contributed by atoms with Crippen LogP contribution in [0.4, 0.5) is 10.1 Å². The second-order valence-corrected chi connectivity index (χ2v) is 8.41. The van der Waals surface area contributed by atoms with Gasteiger partial charge in [0.05, 0.1) is 26.5 Å². The highest BCUT2D eigenvalue weighted by Gasteiger charge is 2.29. The molecule has 0 amide bonds. The van der Waals surface area contributed by atoms with Gasteiger partial charge in [0.1, 0.15) is 22.2 Å². The number of benzene rings is 3. The van der Waals surface area contributed by atoms with Crippen molar-refractivity contribution in [3.8, 4) is 11.5 Å². The van der Waals surface area contributed by atoms with Crippen molar-refractivity contribution in [2.45, 2.75) is 11.4 Å². The number of methoxy groups -OCH3 is 2. The van der Waals surface area contributed by atoms with Crippen molar-refractivity contribution in [2.75, 3.05) is 18.5 Å². The molecule has 152 valence electrons. The number of ether oxygens (including phenoxy) is 2. The Hall–Kier alpha value is -2.77. The van der Waals surface area contributed by atoms with Crippen LogP contribution in [0.2, 0.25) is 5.02 Å². The number of sulfonamides is 1. The van der Waals surface area contributed by atoms with Gasteiger partial charge in [-0.25, -0.2) is 12.8 Å². The molecule has 0 aliphatic carbocycles. The van der Waals surface area contributed by atoms with Crippen molar-refractivity contribution in [3.05, 3.63) is 83.1 Å². The summed E-state index contributed by atoms with van der Waals surface area (Å²) in [5.41, 5.74) is 0.990. The molecule has 0 saturated heterocycles. The van der Waals surface area contributed by atoms with E-state index in [-0.39, 0.29) is 11.6 Å². The Kier molecular flexibility index (Phi) is 6.30. The molecule has 29 heavy (non-hydrogen) atoms. The Morgan fingerprint density at radius 2 is 1.59 bits per heavy atom. The molecule has 3 aromatic rings. The summed E-state index contributed by atoms with van der Waals surface area (Å²) in [4.78, 5) is -0.504. The summed E-state index contributed by atoms with van der Waals surface area (Å²) in [7, 11) is -1.26. The van der Waals surface area contributed by atoms with Crippen LogP contribution in [-0.2, 0) is 16.6 Å². The van der Waals surface area contributed by atoms with Crippen LogP contribution in [0.15, 0.2) is 71.6 Å². The molecule has 0 radical (unpaired) electrons. The van der Waals surface area contributed by atoms with Crippen molar-refractivity contribution >= 4 is 27.3 Å². The van der Waals surface area contributed by atoms with Crippen LogP contribution in [0.1, 0.15) is 5.56 Å². The molecule has 3 rings (SSSR count). The normalized spacial score (nSPS) is 11.2. The van der Waals surface area contributed by atoms with E-state index in [1.807, 2.05) is 0 Å². The number of anilines is 1. The van der Waals surface area contributed by atoms with Crippen molar-refractivity contribution in [3.63, 3.8) is 0 Å². The minimum absolute atomic E-state index is 0.0430. The average Bonchev–Trinajstić information content (AvgIpc) is 2.73. The first-order chi connectivity index (χ1) is 13.8. The van der Waals surface area contributed by atoms with Gasteiger partial charge in [0.15, 0.2) is 0 Å². The van der Waals surface area contributed by atoms with Crippen LogP contribution < -0.4 is 13.8 Å². The monoisotopic (exact) mass is 435 g/mol. The molecule has 3 aromatic carbocycles. The van der Waals surface area contributed by atoms with Crippen LogP contribution in [0, 0.1) is 5.82 Å². The first kappa shape index (κ1) is 21.0. The zero-order chi connectivity index (χ0) is 21.0. The molecule has 0 aliphatic rings. The number of halogens is 2. The van der Waals surface area contributed by atoms with Gasteiger partial charge in [-0.3, -0.25) is 4.31 Å². The third kappa shape index (κ3) is 4.63. The Labute approximate surface area is 174 Å². The smallest absolute Gasteiger partial charge is 0.267 e. The number of rotatable bonds is 7. The van der Waals surface area contributed by atoms with Crippen molar-refractivity contribution < 1.29 is 22.3 Å². The predicted molar refractivity (Wildman–Crippen MR) is 111 cm³/mol. The number of hydrogen-bond donors (Lipinski definition) is 0. The number of hydrogen-bond acceptors (Lipinski definition) is 4. The highest BCUT2D eigenvalue weighted by molar-refractivity contribution is 7.92. The fourth-order valence-electron chi connectivity index (χ4n) is 2.81. The summed E-state index contributed by atoms with van der Waals surface area (Å²) in [6, 6.07) is 17.0. The minimum atomic E-state index is -4.27. The molecular weight excluding hydrogens is 417 g/mol. The van der Waals surface area contributed by atoms with Gasteiger partial charge in [0.2, 0.25) is 0 Å². The maximum Gasteiger partial charge on any atom is 0.267 e. The van der Waals surface area contributed by atoms with E-state index in [4.69, 9.17) is 21.1 Å². The first-order valence-electron chi connectivity index (χ1n) is 8.60. The molecule has 0 N–H and O–H groups in total. The maximum atomic E-state index is 14.4. The third-order valence-corrected chi connectivity index (χ3v) is 6.29. The van der Waals surface area contributed by atoms with Gasteiger partial charge in [0, 0.05) is 11.1 Å². The molecule has 0 aliphatic heterocycles. The molecule has 8 heteroatoms. The average molecular weight is 436 g/mol. The van der Waals surface area contributed by atoms with E-state index >= 15 is 0 Å². The summed E-state index contributed by atoms with van der Waals surface area (Å²) in [6.07, 6.45) is 0. The molecule has 0 unspecified atom stereocenters. The van der Waals surface area contributed by atoms with Crippen LogP contribution in [-0.4, -0.2) is 22.6 Å². The Balaban J connectivity index is 2.14. The van der Waals surface area contributed by atoms with Gasteiger partial charge >= 0.3 is 0 Å². The second kappa shape index (κ2) is 8.71. The summed E-state index contributed by atoms with van der Waals surface area (Å²) < 4.78 is 52.8. The van der Waals surface area contributed by atoms with Gasteiger partial charge in [-0.1, -0.05) is 29.8 Å². The van der Waals surface area contributed by atoms with E-state index in [1.165, 1.54) is 20.3 Å². The highest BCUT2D eigenvalue weighted by atomic mass is 35.5. The van der Waals surface area contributed by atoms with E-state index in [2.05, 4.69) is 0 Å². The quantitative estimate of drug-likeness (QED) is 0.530. The molecule has 0 aromatic heterocycles. The lowest BCUT2D eigenvalue weighted by atomic mass is 10.2. The fraction of sp³-hybridized carbons (Fsp3) is 0.143. The van der Waals surface area contributed by atoms with Crippen LogP contribution in [0.25, 0.3) is 0 Å². The topological polar surface area (TPSA) is 55.8 Å². The van der Waals surface area contributed by atoms with Gasteiger partial charge in [-0.05, 0) is 48.0 Å². The van der Waals surface area contributed by atoms with E-state index < -0.39 is 20.7 Å². The molecule has 0 heterocycles. The van der Waals surface area contributed by atoms with Crippen LogP contribution in [0.3, 0.4) is 0 Å². The summed E-state index contributed by atoms with van der Waals surface area (Å²) in [5.74, 6) is 0.173. The van der Waals surface area contributed by atoms with Crippen molar-refractivity contribution in [1.82, 2.24) is 0 Å². The van der Waals surface area contributed by atoms with E-state index in [0.717, 1.165) is 16.4 Å². The fourth-order valence-corrected chi connectivity index (χ4v) is 4.59. The zero-order valence-electron chi connectivity index (χ0n) is 15.8. The Morgan fingerprint density at radius 1 is 0.931 bits per heavy atom. The number of nitrogens with zero attached hydrogens (tertiary/aromatic N) is 1. The Bertz CT molecular complexity index is 1120. The van der Waals surface area contributed by atoms with Crippen molar-refractivity contribution in [2.24, 2.45) is 0 Å². The molecule has 0 bridgehead atoms. The lowest BCUT2D eigenvalue weighted by molar-refractivity contribution is 0.414. The van der Waals surface area contributed by atoms with Gasteiger partial charge in [0.25, 0.3) is 10.0 Å². The van der Waals surface area contributed by atoms with Crippen LogP contribution in [0.5, 0.6) is 11.5 Å². The van der Waals surface area contributed by atoms with E-state index in [9.17, 15) is 12.8 Å². The van der Waals surface area contributed by atoms with Gasteiger partial charge in [-0.2, -0.15) is 0 Å². The zero-order valence-corrected chi connectivity index (χ0v) is 17.4. The highest BCUT2D eigenvalue weighted by Crippen LogP contribution is 2.31. The second-order valence-electron chi connectivity index (χ2n) is 6.14. The Morgan fingerprint density at radius 3 is 2.28 bits per heavy atom. The predicted octanol–water partition coefficient (Wildman–Crippen LogP) is 4.89. The molecule has 0 saturated carbocycles. The van der Waals surface area contributed by atoms with Gasteiger partial charge in [-0.15, -0.1) is 0 Å². The minimum Gasteiger partial charge on any atom is -0.497 e. The van der Waals surface area contributed by atoms with Gasteiger partial charge < -0.3 is 9.47 Å². The van der Waals surface area contributed by atoms with Crippen molar-refractivity contribution in [1.29, 1.82) is 0 Å². The molecular formula is C21H19ClFNO4S.